The van der Waals surface area contributed by atoms with Crippen molar-refractivity contribution in [1.29, 1.82) is 0 Å². The Morgan fingerprint density at radius 2 is 1.95 bits per heavy atom. The van der Waals surface area contributed by atoms with Crippen LogP contribution < -0.4 is 5.32 Å². The molecule has 1 atom stereocenters. The number of urea groups is 1. The number of nitrogens with zero attached hydrogens (tertiary/aromatic N) is 4. The molecule has 1 aliphatic heterocycles. The van der Waals surface area contributed by atoms with Crippen LogP contribution in [0.4, 0.5) is 4.79 Å². The maximum Gasteiger partial charge on any atom is 0.325 e. The van der Waals surface area contributed by atoms with E-state index < -0.39 is 11.6 Å². The molecule has 0 spiro atoms. The van der Waals surface area contributed by atoms with E-state index in [9.17, 15) is 9.59 Å². The molecule has 7 heteroatoms. The molecule has 0 aliphatic carbocycles. The smallest absolute Gasteiger partial charge is 0.319 e. The fraction of sp³-hybridized carbons (Fsp3) is 0.286. The minimum atomic E-state index is -1.04. The molecule has 7 nitrogen and oxygen atoms in total. The molecule has 1 N–H and O–H groups in total. The molecule has 1 aromatic carbocycles. The number of aryl methyl sites for hydroxylation is 1. The van der Waals surface area contributed by atoms with Crippen molar-refractivity contribution in [2.24, 2.45) is 7.05 Å². The predicted molar refractivity (Wildman–Crippen MR) is 73.9 cm³/mol. The number of hydrogen-bond donors (Lipinski definition) is 1. The Hall–Kier alpha value is -2.70. The van der Waals surface area contributed by atoms with Crippen LogP contribution in [0.1, 0.15) is 18.3 Å². The number of amides is 3. The van der Waals surface area contributed by atoms with Crippen LogP contribution in [0.15, 0.2) is 36.7 Å². The van der Waals surface area contributed by atoms with Gasteiger partial charge >= 0.3 is 6.03 Å². The largest absolute Gasteiger partial charge is 0.325 e. The van der Waals surface area contributed by atoms with Crippen LogP contribution in [0.3, 0.4) is 0 Å². The lowest BCUT2D eigenvalue weighted by molar-refractivity contribution is -0.131. The Morgan fingerprint density at radius 1 is 1.24 bits per heavy atom. The fourth-order valence-electron chi connectivity index (χ4n) is 2.41. The molecule has 2 heterocycles. The van der Waals surface area contributed by atoms with E-state index in [2.05, 4.69) is 15.4 Å². The van der Waals surface area contributed by atoms with Gasteiger partial charge < -0.3 is 5.32 Å². The highest BCUT2D eigenvalue weighted by Gasteiger charge is 2.49. The summed E-state index contributed by atoms with van der Waals surface area (Å²) in [7, 11) is 1.72. The van der Waals surface area contributed by atoms with Gasteiger partial charge in [-0.05, 0) is 12.5 Å². The van der Waals surface area contributed by atoms with Gasteiger partial charge in [0.1, 0.15) is 17.7 Å². The van der Waals surface area contributed by atoms with E-state index in [0.29, 0.717) is 5.82 Å². The van der Waals surface area contributed by atoms with E-state index >= 15 is 0 Å². The van der Waals surface area contributed by atoms with Gasteiger partial charge in [-0.15, -0.1) is 0 Å². The second-order valence-electron chi connectivity index (χ2n) is 5.11. The highest BCUT2D eigenvalue weighted by atomic mass is 16.2. The van der Waals surface area contributed by atoms with Crippen LogP contribution in [-0.4, -0.2) is 31.6 Å². The highest BCUT2D eigenvalue weighted by Crippen LogP contribution is 2.29. The first-order valence-corrected chi connectivity index (χ1v) is 6.55. The topological polar surface area (TPSA) is 80.1 Å². The Morgan fingerprint density at radius 3 is 2.57 bits per heavy atom. The molecule has 1 fully saturated rings. The molecule has 21 heavy (non-hydrogen) atoms. The standard InChI is InChI=1S/C14H15N5O2/c1-14(10-6-4-3-5-7-10)12(20)19(13(21)17-14)8-11-15-9-16-18(11)2/h3-7,9H,8H2,1-2H3,(H,17,21). The van der Waals surface area contributed by atoms with Crippen molar-refractivity contribution < 1.29 is 9.59 Å². The Kier molecular flexibility index (Phi) is 2.97. The van der Waals surface area contributed by atoms with Crippen LogP contribution in [0.2, 0.25) is 0 Å². The van der Waals surface area contributed by atoms with Crippen molar-refractivity contribution in [2.45, 2.75) is 19.0 Å². The van der Waals surface area contributed by atoms with Crippen LogP contribution in [0.5, 0.6) is 0 Å². The van der Waals surface area contributed by atoms with Gasteiger partial charge in [0, 0.05) is 7.05 Å². The molecule has 108 valence electrons. The third-order valence-corrected chi connectivity index (χ3v) is 3.73. The molecule has 1 aromatic heterocycles. The number of nitrogens with one attached hydrogen (secondary N) is 1. The highest BCUT2D eigenvalue weighted by molar-refractivity contribution is 6.07. The summed E-state index contributed by atoms with van der Waals surface area (Å²) in [5.74, 6) is 0.262. The molecule has 2 aromatic rings. The molecule has 1 unspecified atom stereocenters. The Bertz CT molecular complexity index is 696. The van der Waals surface area contributed by atoms with Gasteiger partial charge in [-0.3, -0.25) is 14.4 Å². The molecular weight excluding hydrogens is 270 g/mol. The Labute approximate surface area is 121 Å². The van der Waals surface area contributed by atoms with Gasteiger partial charge in [0.25, 0.3) is 5.91 Å². The van der Waals surface area contributed by atoms with Gasteiger partial charge in [-0.25, -0.2) is 9.78 Å². The summed E-state index contributed by atoms with van der Waals surface area (Å²) in [5.41, 5.74) is -0.291. The lowest BCUT2D eigenvalue weighted by atomic mass is 9.92. The quantitative estimate of drug-likeness (QED) is 0.845. The lowest BCUT2D eigenvalue weighted by Gasteiger charge is -2.22. The number of benzene rings is 1. The number of imide groups is 1. The Balaban J connectivity index is 1.91. The number of rotatable bonds is 3. The normalized spacial score (nSPS) is 21.7. The van der Waals surface area contributed by atoms with Crippen molar-refractivity contribution in [2.75, 3.05) is 0 Å². The van der Waals surface area contributed by atoms with E-state index in [0.717, 1.165) is 10.5 Å². The summed E-state index contributed by atoms with van der Waals surface area (Å²) in [6, 6.07) is 8.77. The first-order chi connectivity index (χ1) is 10.0. The molecule has 0 bridgehead atoms. The van der Waals surface area contributed by atoms with Crippen molar-refractivity contribution in [3.8, 4) is 0 Å². The van der Waals surface area contributed by atoms with Gasteiger partial charge in [0.2, 0.25) is 0 Å². The van der Waals surface area contributed by atoms with E-state index in [1.165, 1.54) is 6.33 Å². The zero-order valence-electron chi connectivity index (χ0n) is 11.8. The molecule has 1 saturated heterocycles. The van der Waals surface area contributed by atoms with Crippen molar-refractivity contribution in [3.05, 3.63) is 48.0 Å². The number of carbonyl (C=O) groups is 2. The van der Waals surface area contributed by atoms with Crippen molar-refractivity contribution in [1.82, 2.24) is 25.0 Å². The van der Waals surface area contributed by atoms with Gasteiger partial charge in [-0.2, -0.15) is 5.10 Å². The van der Waals surface area contributed by atoms with E-state index in [-0.39, 0.29) is 12.5 Å². The summed E-state index contributed by atoms with van der Waals surface area (Å²) in [6.45, 7) is 1.81. The summed E-state index contributed by atoms with van der Waals surface area (Å²) in [4.78, 5) is 30.0. The summed E-state index contributed by atoms with van der Waals surface area (Å²) >= 11 is 0. The summed E-state index contributed by atoms with van der Waals surface area (Å²) < 4.78 is 1.54. The van der Waals surface area contributed by atoms with Crippen LogP contribution in [-0.2, 0) is 23.9 Å². The third kappa shape index (κ3) is 2.06. The number of hydrogen-bond acceptors (Lipinski definition) is 4. The van der Waals surface area contributed by atoms with Gasteiger partial charge in [0.05, 0.1) is 6.54 Å². The zero-order chi connectivity index (χ0) is 15.0. The predicted octanol–water partition coefficient (Wildman–Crippen LogP) is 0.782. The molecule has 0 saturated carbocycles. The second-order valence-corrected chi connectivity index (χ2v) is 5.11. The average molecular weight is 285 g/mol. The van der Waals surface area contributed by atoms with Crippen molar-refractivity contribution in [3.63, 3.8) is 0 Å². The minimum Gasteiger partial charge on any atom is -0.319 e. The second kappa shape index (κ2) is 4.69. The number of carbonyl (C=O) groups excluding carboxylic acids is 2. The van der Waals surface area contributed by atoms with Crippen LogP contribution >= 0.6 is 0 Å². The SMILES string of the molecule is Cn1ncnc1CN1C(=O)NC(C)(c2ccccc2)C1=O. The molecule has 3 amide bonds. The monoisotopic (exact) mass is 285 g/mol. The van der Waals surface area contributed by atoms with E-state index in [1.807, 2.05) is 30.3 Å². The summed E-state index contributed by atoms with van der Waals surface area (Å²) in [5, 5.41) is 6.70. The summed E-state index contributed by atoms with van der Waals surface area (Å²) in [6.07, 6.45) is 1.39. The van der Waals surface area contributed by atoms with E-state index in [4.69, 9.17) is 0 Å². The van der Waals surface area contributed by atoms with Crippen molar-refractivity contribution >= 4 is 11.9 Å². The van der Waals surface area contributed by atoms with Crippen LogP contribution in [0, 0.1) is 0 Å². The molecule has 0 radical (unpaired) electrons. The average Bonchev–Trinajstić information content (AvgIpc) is 2.98. The van der Waals surface area contributed by atoms with Gasteiger partial charge in [0.15, 0.2) is 0 Å². The molecule has 3 rings (SSSR count). The molecule has 1 aliphatic rings. The molecular formula is C14H15N5O2. The first-order valence-electron chi connectivity index (χ1n) is 6.55. The first kappa shape index (κ1) is 13.3. The maximum absolute atomic E-state index is 12.7. The number of aromatic nitrogens is 3. The van der Waals surface area contributed by atoms with Crippen LogP contribution in [0.25, 0.3) is 0 Å². The minimum absolute atomic E-state index is 0.101. The van der Waals surface area contributed by atoms with Gasteiger partial charge in [-0.1, -0.05) is 30.3 Å². The maximum atomic E-state index is 12.7. The zero-order valence-corrected chi connectivity index (χ0v) is 11.8. The van der Waals surface area contributed by atoms with E-state index in [1.54, 1.807) is 18.7 Å². The lowest BCUT2D eigenvalue weighted by Crippen LogP contribution is -2.40. The fourth-order valence-corrected chi connectivity index (χ4v) is 2.41. The third-order valence-electron chi connectivity index (χ3n) is 3.73.